The normalized spacial score (nSPS) is 16.0. The van der Waals surface area contributed by atoms with Crippen LogP contribution in [0.3, 0.4) is 0 Å². The Morgan fingerprint density at radius 2 is 1.69 bits per heavy atom. The number of rotatable bonds is 6. The first kappa shape index (κ1) is 19.2. The monoisotopic (exact) mass is 392 g/mol. The van der Waals surface area contributed by atoms with Crippen LogP contribution in [-0.2, 0) is 16.6 Å². The van der Waals surface area contributed by atoms with Gasteiger partial charge in [0.25, 0.3) is 10.0 Å². The van der Waals surface area contributed by atoms with E-state index in [0.717, 1.165) is 5.56 Å². The SMILES string of the molecule is CN(Cc1ccccc1NS(=O)(=O)c1ccccc1Cl)C1CCCCC1. The molecule has 1 N–H and O–H groups in total. The van der Waals surface area contributed by atoms with Crippen LogP contribution in [0.15, 0.2) is 53.4 Å². The van der Waals surface area contributed by atoms with Crippen molar-refractivity contribution in [2.24, 2.45) is 0 Å². The molecule has 1 fully saturated rings. The van der Waals surface area contributed by atoms with E-state index < -0.39 is 10.0 Å². The molecule has 1 saturated carbocycles. The lowest BCUT2D eigenvalue weighted by molar-refractivity contribution is 0.185. The van der Waals surface area contributed by atoms with E-state index in [1.54, 1.807) is 24.3 Å². The van der Waals surface area contributed by atoms with Gasteiger partial charge in [-0.15, -0.1) is 0 Å². The van der Waals surface area contributed by atoms with Gasteiger partial charge in [0.1, 0.15) is 4.90 Å². The van der Waals surface area contributed by atoms with Gasteiger partial charge in [-0.2, -0.15) is 0 Å². The summed E-state index contributed by atoms with van der Waals surface area (Å²) in [6, 6.07) is 14.6. The van der Waals surface area contributed by atoms with Crippen molar-refractivity contribution in [1.82, 2.24) is 4.90 Å². The maximum Gasteiger partial charge on any atom is 0.263 e. The molecule has 26 heavy (non-hydrogen) atoms. The fraction of sp³-hybridized carbons (Fsp3) is 0.400. The lowest BCUT2D eigenvalue weighted by Crippen LogP contribution is -2.33. The van der Waals surface area contributed by atoms with Gasteiger partial charge in [-0.1, -0.05) is 61.2 Å². The first-order valence-corrected chi connectivity index (χ1v) is 10.9. The molecule has 1 aliphatic carbocycles. The minimum atomic E-state index is -3.73. The van der Waals surface area contributed by atoms with Crippen LogP contribution in [0.2, 0.25) is 5.02 Å². The third-order valence-corrected chi connectivity index (χ3v) is 6.87. The molecule has 6 heteroatoms. The topological polar surface area (TPSA) is 49.4 Å². The molecule has 0 spiro atoms. The van der Waals surface area contributed by atoms with Crippen LogP contribution in [0.4, 0.5) is 5.69 Å². The molecule has 0 heterocycles. The zero-order chi connectivity index (χ0) is 18.6. The van der Waals surface area contributed by atoms with Crippen LogP contribution in [0.25, 0.3) is 0 Å². The van der Waals surface area contributed by atoms with Crippen molar-refractivity contribution in [2.75, 3.05) is 11.8 Å². The smallest absolute Gasteiger partial charge is 0.263 e. The molecular weight excluding hydrogens is 368 g/mol. The van der Waals surface area contributed by atoms with E-state index in [4.69, 9.17) is 11.6 Å². The summed E-state index contributed by atoms with van der Waals surface area (Å²) in [6.45, 7) is 0.714. The van der Waals surface area contributed by atoms with Gasteiger partial charge < -0.3 is 0 Å². The molecule has 4 nitrogen and oxygen atoms in total. The van der Waals surface area contributed by atoms with Crippen molar-refractivity contribution in [1.29, 1.82) is 0 Å². The number of nitrogens with zero attached hydrogens (tertiary/aromatic N) is 1. The highest BCUT2D eigenvalue weighted by molar-refractivity contribution is 7.92. The number of para-hydroxylation sites is 1. The molecule has 0 saturated heterocycles. The van der Waals surface area contributed by atoms with Gasteiger partial charge in [0, 0.05) is 12.6 Å². The molecule has 0 aromatic heterocycles. The summed E-state index contributed by atoms with van der Waals surface area (Å²) in [5.74, 6) is 0. The van der Waals surface area contributed by atoms with Crippen molar-refractivity contribution in [3.8, 4) is 0 Å². The summed E-state index contributed by atoms with van der Waals surface area (Å²) in [4.78, 5) is 2.43. The maximum atomic E-state index is 12.8. The Bertz CT molecular complexity index is 848. The maximum absolute atomic E-state index is 12.8. The van der Waals surface area contributed by atoms with E-state index in [1.165, 1.54) is 38.2 Å². The fourth-order valence-corrected chi connectivity index (χ4v) is 5.16. The predicted octanol–water partition coefficient (Wildman–Crippen LogP) is 4.91. The molecule has 0 bridgehead atoms. The van der Waals surface area contributed by atoms with Crippen LogP contribution >= 0.6 is 11.6 Å². The zero-order valence-electron chi connectivity index (χ0n) is 15.0. The molecule has 2 aromatic rings. The first-order valence-electron chi connectivity index (χ1n) is 9.03. The van der Waals surface area contributed by atoms with E-state index in [2.05, 4.69) is 16.7 Å². The number of nitrogens with one attached hydrogen (secondary N) is 1. The minimum absolute atomic E-state index is 0.0945. The van der Waals surface area contributed by atoms with Gasteiger partial charge in [0.15, 0.2) is 0 Å². The van der Waals surface area contributed by atoms with Gasteiger partial charge in [0.05, 0.1) is 10.7 Å². The summed E-state index contributed by atoms with van der Waals surface area (Å²) in [5, 5.41) is 0.219. The highest BCUT2D eigenvalue weighted by Gasteiger charge is 2.21. The minimum Gasteiger partial charge on any atom is -0.299 e. The third-order valence-electron chi connectivity index (χ3n) is 5.01. The summed E-state index contributed by atoms with van der Waals surface area (Å²) >= 11 is 6.07. The Morgan fingerprint density at radius 3 is 2.42 bits per heavy atom. The average Bonchev–Trinajstić information content (AvgIpc) is 2.64. The van der Waals surface area contributed by atoms with Gasteiger partial charge in [-0.25, -0.2) is 8.42 Å². The molecule has 0 amide bonds. The third kappa shape index (κ3) is 4.58. The highest BCUT2D eigenvalue weighted by atomic mass is 35.5. The van der Waals surface area contributed by atoms with Gasteiger partial charge in [-0.3, -0.25) is 9.62 Å². The lowest BCUT2D eigenvalue weighted by Gasteiger charge is -2.31. The van der Waals surface area contributed by atoms with E-state index >= 15 is 0 Å². The van der Waals surface area contributed by atoms with E-state index in [0.29, 0.717) is 18.3 Å². The average molecular weight is 393 g/mol. The number of hydrogen-bond donors (Lipinski definition) is 1. The largest absolute Gasteiger partial charge is 0.299 e. The number of benzene rings is 2. The zero-order valence-corrected chi connectivity index (χ0v) is 16.6. The van der Waals surface area contributed by atoms with Crippen LogP contribution in [-0.4, -0.2) is 26.4 Å². The number of sulfonamides is 1. The summed E-state index contributed by atoms with van der Waals surface area (Å²) in [7, 11) is -1.61. The standard InChI is InChI=1S/C20H25ClN2O2S/c1-23(17-10-3-2-4-11-17)15-16-9-5-7-13-19(16)22-26(24,25)20-14-8-6-12-18(20)21/h5-9,12-14,17,22H,2-4,10-11,15H2,1H3. The first-order chi connectivity index (χ1) is 12.5. The second-order valence-corrected chi connectivity index (χ2v) is 8.96. The van der Waals surface area contributed by atoms with E-state index in [9.17, 15) is 8.42 Å². The Balaban J connectivity index is 1.80. The molecule has 0 radical (unpaired) electrons. The second-order valence-electron chi connectivity index (χ2n) is 6.90. The molecule has 140 valence electrons. The Morgan fingerprint density at radius 1 is 1.04 bits per heavy atom. The summed E-state index contributed by atoms with van der Waals surface area (Å²) in [5.41, 5.74) is 1.58. The highest BCUT2D eigenvalue weighted by Crippen LogP contribution is 2.27. The summed E-state index contributed by atoms with van der Waals surface area (Å²) in [6.07, 6.45) is 6.29. The fourth-order valence-electron chi connectivity index (χ4n) is 3.54. The summed E-state index contributed by atoms with van der Waals surface area (Å²) < 4.78 is 28.2. The molecular formula is C20H25ClN2O2S. The Kier molecular flexibility index (Phi) is 6.22. The van der Waals surface area contributed by atoms with Crippen molar-refractivity contribution in [3.63, 3.8) is 0 Å². The van der Waals surface area contributed by atoms with Gasteiger partial charge in [0.2, 0.25) is 0 Å². The van der Waals surface area contributed by atoms with E-state index in [1.807, 2.05) is 18.2 Å². The van der Waals surface area contributed by atoms with Gasteiger partial charge in [-0.05, 0) is 43.7 Å². The number of anilines is 1. The lowest BCUT2D eigenvalue weighted by atomic mass is 9.94. The van der Waals surface area contributed by atoms with Crippen molar-refractivity contribution >= 4 is 27.3 Å². The molecule has 0 unspecified atom stereocenters. The number of hydrogen-bond acceptors (Lipinski definition) is 3. The van der Waals surface area contributed by atoms with Crippen molar-refractivity contribution < 1.29 is 8.42 Å². The van der Waals surface area contributed by atoms with Crippen molar-refractivity contribution in [3.05, 3.63) is 59.1 Å². The van der Waals surface area contributed by atoms with Crippen LogP contribution in [0, 0.1) is 0 Å². The van der Waals surface area contributed by atoms with Crippen LogP contribution in [0.1, 0.15) is 37.7 Å². The van der Waals surface area contributed by atoms with Crippen LogP contribution in [0.5, 0.6) is 0 Å². The van der Waals surface area contributed by atoms with Crippen LogP contribution < -0.4 is 4.72 Å². The second kappa shape index (κ2) is 8.42. The Hall–Kier alpha value is -1.56. The molecule has 0 aliphatic heterocycles. The molecule has 3 rings (SSSR count). The molecule has 1 aliphatic rings. The number of halogens is 1. The molecule has 0 atom stereocenters. The van der Waals surface area contributed by atoms with E-state index in [-0.39, 0.29) is 9.92 Å². The predicted molar refractivity (Wildman–Crippen MR) is 107 cm³/mol. The van der Waals surface area contributed by atoms with Crippen molar-refractivity contribution in [2.45, 2.75) is 49.6 Å². The van der Waals surface area contributed by atoms with Gasteiger partial charge >= 0.3 is 0 Å². The molecule has 2 aromatic carbocycles. The quantitative estimate of drug-likeness (QED) is 0.760. The Labute approximate surface area is 161 Å².